The average molecular weight is 273 g/mol. The summed E-state index contributed by atoms with van der Waals surface area (Å²) in [6.07, 6.45) is 1.71. The molecular formula is C15H19N3O2. The molecule has 2 rings (SSSR count). The molecule has 5 heteroatoms. The van der Waals surface area contributed by atoms with Crippen molar-refractivity contribution in [2.24, 2.45) is 0 Å². The minimum atomic E-state index is 0.0559. The monoisotopic (exact) mass is 273 g/mol. The molecule has 5 nitrogen and oxygen atoms in total. The summed E-state index contributed by atoms with van der Waals surface area (Å²) in [5.74, 6) is 0.781. The van der Waals surface area contributed by atoms with Crippen LogP contribution in [0.4, 0.5) is 5.69 Å². The zero-order valence-electron chi connectivity index (χ0n) is 12.0. The molecule has 0 aliphatic carbocycles. The SMILES string of the molecule is CCN(C)C(=O)CNc1ccnc2c(OC)cccc12. The Morgan fingerprint density at radius 3 is 2.90 bits per heavy atom. The van der Waals surface area contributed by atoms with Crippen molar-refractivity contribution < 1.29 is 9.53 Å². The summed E-state index contributed by atoms with van der Waals surface area (Å²) in [5, 5.41) is 4.11. The first-order valence-corrected chi connectivity index (χ1v) is 6.57. The molecule has 1 aromatic carbocycles. The number of likely N-dealkylation sites (N-methyl/N-ethyl adjacent to an activating group) is 1. The number of nitrogens with one attached hydrogen (secondary N) is 1. The maximum absolute atomic E-state index is 11.8. The first-order chi connectivity index (χ1) is 9.67. The molecule has 1 aromatic heterocycles. The molecule has 1 N–H and O–H groups in total. The fourth-order valence-corrected chi connectivity index (χ4v) is 1.95. The molecule has 0 fully saturated rings. The number of hydrogen-bond donors (Lipinski definition) is 1. The summed E-state index contributed by atoms with van der Waals surface area (Å²) in [6, 6.07) is 7.60. The van der Waals surface area contributed by atoms with Crippen LogP contribution < -0.4 is 10.1 Å². The van der Waals surface area contributed by atoms with E-state index in [2.05, 4.69) is 10.3 Å². The quantitative estimate of drug-likeness (QED) is 0.906. The number of anilines is 1. The van der Waals surface area contributed by atoms with Gasteiger partial charge in [-0.25, -0.2) is 0 Å². The van der Waals surface area contributed by atoms with Crippen molar-refractivity contribution in [2.45, 2.75) is 6.92 Å². The number of rotatable bonds is 5. The van der Waals surface area contributed by atoms with Crippen LogP contribution in [0.2, 0.25) is 0 Å². The highest BCUT2D eigenvalue weighted by Crippen LogP contribution is 2.28. The Kier molecular flexibility index (Phi) is 4.40. The summed E-state index contributed by atoms with van der Waals surface area (Å²) in [5.41, 5.74) is 1.67. The fourth-order valence-electron chi connectivity index (χ4n) is 1.95. The summed E-state index contributed by atoms with van der Waals surface area (Å²) in [6.45, 7) is 2.91. The van der Waals surface area contributed by atoms with E-state index in [1.165, 1.54) is 0 Å². The van der Waals surface area contributed by atoms with Gasteiger partial charge in [0, 0.05) is 30.9 Å². The van der Waals surface area contributed by atoms with E-state index in [1.54, 1.807) is 25.3 Å². The first-order valence-electron chi connectivity index (χ1n) is 6.57. The van der Waals surface area contributed by atoms with Crippen molar-refractivity contribution in [3.63, 3.8) is 0 Å². The van der Waals surface area contributed by atoms with Crippen LogP contribution >= 0.6 is 0 Å². The van der Waals surface area contributed by atoms with Crippen molar-refractivity contribution >= 4 is 22.5 Å². The second kappa shape index (κ2) is 6.23. The molecule has 20 heavy (non-hydrogen) atoms. The third-order valence-corrected chi connectivity index (χ3v) is 3.28. The second-order valence-electron chi connectivity index (χ2n) is 4.48. The van der Waals surface area contributed by atoms with E-state index in [0.717, 1.165) is 22.3 Å². The molecule has 0 aliphatic heterocycles. The number of pyridine rings is 1. The van der Waals surface area contributed by atoms with Gasteiger partial charge in [-0.1, -0.05) is 12.1 Å². The van der Waals surface area contributed by atoms with Crippen molar-refractivity contribution in [3.8, 4) is 5.75 Å². The summed E-state index contributed by atoms with van der Waals surface area (Å²) in [7, 11) is 3.41. The summed E-state index contributed by atoms with van der Waals surface area (Å²) < 4.78 is 5.30. The van der Waals surface area contributed by atoms with Gasteiger partial charge in [0.1, 0.15) is 11.3 Å². The highest BCUT2D eigenvalue weighted by Gasteiger charge is 2.09. The minimum absolute atomic E-state index is 0.0559. The first kappa shape index (κ1) is 14.1. The molecule has 0 aliphatic rings. The van der Waals surface area contributed by atoms with Gasteiger partial charge in [0.15, 0.2) is 0 Å². The van der Waals surface area contributed by atoms with Gasteiger partial charge >= 0.3 is 0 Å². The van der Waals surface area contributed by atoms with Gasteiger partial charge in [0.25, 0.3) is 0 Å². The largest absolute Gasteiger partial charge is 0.494 e. The van der Waals surface area contributed by atoms with Crippen LogP contribution in [-0.2, 0) is 4.79 Å². The van der Waals surface area contributed by atoms with Gasteiger partial charge in [-0.05, 0) is 19.1 Å². The normalized spacial score (nSPS) is 10.3. The van der Waals surface area contributed by atoms with Crippen molar-refractivity contribution in [1.82, 2.24) is 9.88 Å². The number of carbonyl (C=O) groups excluding carboxylic acids is 1. The van der Waals surface area contributed by atoms with Crippen LogP contribution in [0.1, 0.15) is 6.92 Å². The van der Waals surface area contributed by atoms with Crippen LogP contribution in [0.3, 0.4) is 0 Å². The lowest BCUT2D eigenvalue weighted by Crippen LogP contribution is -2.31. The number of hydrogen-bond acceptors (Lipinski definition) is 4. The Hall–Kier alpha value is -2.30. The number of ether oxygens (including phenoxy) is 1. The maximum atomic E-state index is 11.8. The predicted octanol–water partition coefficient (Wildman–Crippen LogP) is 2.13. The van der Waals surface area contributed by atoms with Crippen LogP contribution in [0, 0.1) is 0 Å². The summed E-state index contributed by atoms with van der Waals surface area (Å²) in [4.78, 5) is 17.8. The van der Waals surface area contributed by atoms with E-state index < -0.39 is 0 Å². The Bertz CT molecular complexity index is 613. The van der Waals surface area contributed by atoms with Gasteiger partial charge in [-0.15, -0.1) is 0 Å². The predicted molar refractivity (Wildman–Crippen MR) is 80.1 cm³/mol. The molecule has 0 atom stereocenters. The number of para-hydroxylation sites is 1. The van der Waals surface area contributed by atoms with Crippen molar-refractivity contribution in [3.05, 3.63) is 30.5 Å². The van der Waals surface area contributed by atoms with Gasteiger partial charge in [-0.2, -0.15) is 0 Å². The van der Waals surface area contributed by atoms with Gasteiger partial charge in [0.05, 0.1) is 13.7 Å². The molecule has 1 amide bonds. The number of nitrogens with zero attached hydrogens (tertiary/aromatic N) is 2. The van der Waals surface area contributed by atoms with Crippen LogP contribution in [0.25, 0.3) is 10.9 Å². The smallest absolute Gasteiger partial charge is 0.241 e. The maximum Gasteiger partial charge on any atom is 0.241 e. The van der Waals surface area contributed by atoms with E-state index in [1.807, 2.05) is 31.2 Å². The summed E-state index contributed by atoms with van der Waals surface area (Å²) >= 11 is 0. The number of amides is 1. The molecule has 1 heterocycles. The third-order valence-electron chi connectivity index (χ3n) is 3.28. The van der Waals surface area contributed by atoms with Crippen LogP contribution in [-0.4, -0.2) is 43.0 Å². The Balaban J connectivity index is 2.25. The second-order valence-corrected chi connectivity index (χ2v) is 4.48. The Morgan fingerprint density at radius 2 is 2.20 bits per heavy atom. The minimum Gasteiger partial charge on any atom is -0.494 e. The van der Waals surface area contributed by atoms with E-state index in [4.69, 9.17) is 4.74 Å². The standard InChI is InChI=1S/C15H19N3O2/c1-4-18(2)14(19)10-17-12-8-9-16-15-11(12)6-5-7-13(15)20-3/h5-9H,4,10H2,1-3H3,(H,16,17). The fraction of sp³-hybridized carbons (Fsp3) is 0.333. The molecular weight excluding hydrogens is 254 g/mol. The highest BCUT2D eigenvalue weighted by molar-refractivity contribution is 5.95. The lowest BCUT2D eigenvalue weighted by molar-refractivity contribution is -0.127. The lowest BCUT2D eigenvalue weighted by Gasteiger charge is -2.16. The number of benzene rings is 1. The zero-order chi connectivity index (χ0) is 14.5. The molecule has 0 saturated carbocycles. The van der Waals surface area contributed by atoms with E-state index >= 15 is 0 Å². The third kappa shape index (κ3) is 2.82. The van der Waals surface area contributed by atoms with Crippen LogP contribution in [0.15, 0.2) is 30.5 Å². The topological polar surface area (TPSA) is 54.5 Å². The zero-order valence-corrected chi connectivity index (χ0v) is 12.0. The molecule has 2 aromatic rings. The average Bonchev–Trinajstić information content (AvgIpc) is 2.50. The van der Waals surface area contributed by atoms with E-state index in [9.17, 15) is 4.79 Å². The van der Waals surface area contributed by atoms with Gasteiger partial charge in [0.2, 0.25) is 5.91 Å². The van der Waals surface area contributed by atoms with E-state index in [0.29, 0.717) is 6.54 Å². The van der Waals surface area contributed by atoms with Gasteiger partial charge < -0.3 is 15.0 Å². The van der Waals surface area contributed by atoms with Crippen molar-refractivity contribution in [2.75, 3.05) is 32.6 Å². The Labute approximate surface area is 118 Å². The van der Waals surface area contributed by atoms with E-state index in [-0.39, 0.29) is 12.5 Å². The molecule has 0 spiro atoms. The van der Waals surface area contributed by atoms with Gasteiger partial charge in [-0.3, -0.25) is 9.78 Å². The highest BCUT2D eigenvalue weighted by atomic mass is 16.5. The van der Waals surface area contributed by atoms with Crippen molar-refractivity contribution in [1.29, 1.82) is 0 Å². The number of methoxy groups -OCH3 is 1. The molecule has 0 saturated heterocycles. The molecule has 0 bridgehead atoms. The molecule has 0 unspecified atom stereocenters. The molecule has 106 valence electrons. The number of fused-ring (bicyclic) bond motifs is 1. The Morgan fingerprint density at radius 1 is 1.40 bits per heavy atom. The molecule has 0 radical (unpaired) electrons. The lowest BCUT2D eigenvalue weighted by atomic mass is 10.1. The number of aromatic nitrogens is 1. The number of carbonyl (C=O) groups is 1. The van der Waals surface area contributed by atoms with Crippen LogP contribution in [0.5, 0.6) is 5.75 Å².